The number of nitrogens with one attached hydrogen (secondary N) is 2. The van der Waals surface area contributed by atoms with Gasteiger partial charge in [0.2, 0.25) is 11.8 Å². The summed E-state index contributed by atoms with van der Waals surface area (Å²) in [7, 11) is 1.53. The molecular weight excluding hydrogens is 298 g/mol. The van der Waals surface area contributed by atoms with Crippen LogP contribution in [-0.4, -0.2) is 23.2 Å². The van der Waals surface area contributed by atoms with Crippen LogP contribution in [0.5, 0.6) is 5.88 Å². The zero-order chi connectivity index (χ0) is 13.0. The van der Waals surface area contributed by atoms with Gasteiger partial charge < -0.3 is 10.1 Å². The van der Waals surface area contributed by atoms with Gasteiger partial charge in [-0.05, 0) is 28.3 Å². The van der Waals surface area contributed by atoms with Crippen LogP contribution in [0.2, 0.25) is 0 Å². The Hall–Kier alpha value is -1.04. The number of halogens is 1. The topological polar surface area (TPSA) is 67.0 Å². The second kappa shape index (κ2) is 6.22. The number of methoxy groups -OCH3 is 1. The van der Waals surface area contributed by atoms with Gasteiger partial charge >= 0.3 is 0 Å². The van der Waals surface area contributed by atoms with Gasteiger partial charge in [0, 0.05) is 6.42 Å². The zero-order valence-corrected chi connectivity index (χ0v) is 12.0. The molecule has 1 heterocycles. The minimum absolute atomic E-state index is 0.0221. The molecule has 5 nitrogen and oxygen atoms in total. The summed E-state index contributed by atoms with van der Waals surface area (Å²) in [6.07, 6.45) is 6.72. The van der Waals surface area contributed by atoms with Crippen molar-refractivity contribution >= 4 is 27.7 Å². The molecule has 0 saturated heterocycles. The Morgan fingerprint density at radius 3 is 2.89 bits per heavy atom. The first kappa shape index (κ1) is 13.4. The average molecular weight is 316 g/mol. The molecule has 0 atom stereocenters. The van der Waals surface area contributed by atoms with Crippen molar-refractivity contribution in [3.05, 3.63) is 4.47 Å². The number of aromatic amines is 1. The molecule has 2 rings (SSSR count). The smallest absolute Gasteiger partial charge is 0.249 e. The summed E-state index contributed by atoms with van der Waals surface area (Å²) in [5, 5.41) is 9.45. The Kier molecular flexibility index (Phi) is 4.63. The highest BCUT2D eigenvalue weighted by atomic mass is 79.9. The molecule has 1 aliphatic rings. The quantitative estimate of drug-likeness (QED) is 0.877. The number of H-pyrrole nitrogens is 1. The van der Waals surface area contributed by atoms with Crippen LogP contribution in [0.15, 0.2) is 4.47 Å². The number of hydrogen-bond acceptors (Lipinski definition) is 3. The molecule has 2 N–H and O–H groups in total. The fourth-order valence-electron chi connectivity index (χ4n) is 2.37. The standard InChI is InChI=1S/C12H18BrN3O2/c1-18-12-10(13)11(15-16-12)14-9(17)7-6-8-4-2-3-5-8/h8H,2-7H2,1H3,(H2,14,15,16,17). The number of aromatic nitrogens is 2. The van der Waals surface area contributed by atoms with E-state index in [1.54, 1.807) is 0 Å². The predicted octanol–water partition coefficient (Wildman–Crippen LogP) is 3.09. The molecule has 18 heavy (non-hydrogen) atoms. The maximum atomic E-state index is 11.8. The Bertz CT molecular complexity index is 413. The van der Waals surface area contributed by atoms with Crippen LogP contribution < -0.4 is 10.1 Å². The predicted molar refractivity (Wildman–Crippen MR) is 72.7 cm³/mol. The van der Waals surface area contributed by atoms with Gasteiger partial charge in [-0.25, -0.2) is 0 Å². The van der Waals surface area contributed by atoms with Crippen LogP contribution in [0.4, 0.5) is 5.82 Å². The van der Waals surface area contributed by atoms with Crippen molar-refractivity contribution in [2.45, 2.75) is 38.5 Å². The van der Waals surface area contributed by atoms with Gasteiger partial charge in [0.1, 0.15) is 10.3 Å². The Morgan fingerprint density at radius 2 is 2.28 bits per heavy atom. The van der Waals surface area contributed by atoms with E-state index >= 15 is 0 Å². The second-order valence-electron chi connectivity index (χ2n) is 4.66. The van der Waals surface area contributed by atoms with Gasteiger partial charge in [0.25, 0.3) is 0 Å². The SMILES string of the molecule is COc1n[nH]c(NC(=O)CCC2CCCC2)c1Br. The molecule has 6 heteroatoms. The molecule has 1 fully saturated rings. The van der Waals surface area contributed by atoms with Gasteiger partial charge in [0.15, 0.2) is 0 Å². The summed E-state index contributed by atoms with van der Waals surface area (Å²) in [6, 6.07) is 0. The van der Waals surface area contributed by atoms with Crippen molar-refractivity contribution in [1.82, 2.24) is 10.2 Å². The lowest BCUT2D eigenvalue weighted by Crippen LogP contribution is -2.13. The van der Waals surface area contributed by atoms with Gasteiger partial charge in [-0.15, -0.1) is 5.10 Å². The van der Waals surface area contributed by atoms with Crippen molar-refractivity contribution in [2.24, 2.45) is 5.92 Å². The number of ether oxygens (including phenoxy) is 1. The first-order valence-electron chi connectivity index (χ1n) is 6.28. The molecule has 0 radical (unpaired) electrons. The maximum Gasteiger partial charge on any atom is 0.249 e. The van der Waals surface area contributed by atoms with Crippen LogP contribution in [-0.2, 0) is 4.79 Å². The number of carbonyl (C=O) groups excluding carboxylic acids is 1. The summed E-state index contributed by atoms with van der Waals surface area (Å²) in [6.45, 7) is 0. The Morgan fingerprint density at radius 1 is 1.56 bits per heavy atom. The van der Waals surface area contributed by atoms with E-state index in [2.05, 4.69) is 31.4 Å². The Labute approximate surface area is 115 Å². The first-order valence-corrected chi connectivity index (χ1v) is 7.07. The highest BCUT2D eigenvalue weighted by Crippen LogP contribution is 2.30. The molecule has 100 valence electrons. The van der Waals surface area contributed by atoms with Gasteiger partial charge in [0.05, 0.1) is 7.11 Å². The average Bonchev–Trinajstić information content (AvgIpc) is 2.98. The number of rotatable bonds is 5. The van der Waals surface area contributed by atoms with Gasteiger partial charge in [-0.2, -0.15) is 0 Å². The van der Waals surface area contributed by atoms with E-state index in [1.807, 2.05) is 0 Å². The molecule has 0 spiro atoms. The fraction of sp³-hybridized carbons (Fsp3) is 0.667. The van der Waals surface area contributed by atoms with Gasteiger partial charge in [-0.3, -0.25) is 9.89 Å². The molecule has 0 aliphatic heterocycles. The molecule has 0 unspecified atom stereocenters. The number of hydrogen-bond donors (Lipinski definition) is 2. The summed E-state index contributed by atoms with van der Waals surface area (Å²) < 4.78 is 5.66. The molecule has 0 bridgehead atoms. The van der Waals surface area contributed by atoms with Crippen molar-refractivity contribution < 1.29 is 9.53 Å². The summed E-state index contributed by atoms with van der Waals surface area (Å²) in [5.74, 6) is 1.76. The van der Waals surface area contributed by atoms with Gasteiger partial charge in [-0.1, -0.05) is 25.7 Å². The third kappa shape index (κ3) is 3.25. The number of carbonyl (C=O) groups is 1. The molecule has 1 aromatic heterocycles. The normalized spacial score (nSPS) is 15.9. The Balaban J connectivity index is 1.80. The maximum absolute atomic E-state index is 11.8. The van der Waals surface area contributed by atoms with Crippen LogP contribution >= 0.6 is 15.9 Å². The van der Waals surface area contributed by atoms with E-state index in [0.717, 1.165) is 12.3 Å². The summed E-state index contributed by atoms with van der Waals surface area (Å²) in [5.41, 5.74) is 0. The highest BCUT2D eigenvalue weighted by molar-refractivity contribution is 9.10. The second-order valence-corrected chi connectivity index (χ2v) is 5.45. The largest absolute Gasteiger partial charge is 0.479 e. The fourth-order valence-corrected chi connectivity index (χ4v) is 2.80. The third-order valence-electron chi connectivity index (χ3n) is 3.39. The van der Waals surface area contributed by atoms with Crippen molar-refractivity contribution in [2.75, 3.05) is 12.4 Å². The van der Waals surface area contributed by atoms with E-state index in [0.29, 0.717) is 22.6 Å². The molecular formula is C12H18BrN3O2. The molecule has 1 aromatic rings. The molecule has 1 aliphatic carbocycles. The minimum Gasteiger partial charge on any atom is -0.479 e. The first-order chi connectivity index (χ1) is 8.70. The van der Waals surface area contributed by atoms with Crippen LogP contribution in [0.1, 0.15) is 38.5 Å². The monoisotopic (exact) mass is 315 g/mol. The van der Waals surface area contributed by atoms with Crippen molar-refractivity contribution in [3.63, 3.8) is 0 Å². The van der Waals surface area contributed by atoms with E-state index in [9.17, 15) is 4.79 Å². The lowest BCUT2D eigenvalue weighted by Gasteiger charge is -2.08. The van der Waals surface area contributed by atoms with Crippen LogP contribution in [0.25, 0.3) is 0 Å². The van der Waals surface area contributed by atoms with Crippen LogP contribution in [0, 0.1) is 5.92 Å². The van der Waals surface area contributed by atoms with Crippen LogP contribution in [0.3, 0.4) is 0 Å². The number of amides is 1. The molecule has 1 amide bonds. The minimum atomic E-state index is 0.0221. The molecule has 0 aromatic carbocycles. The molecule has 1 saturated carbocycles. The van der Waals surface area contributed by atoms with E-state index in [4.69, 9.17) is 4.74 Å². The van der Waals surface area contributed by atoms with Crippen molar-refractivity contribution in [3.8, 4) is 5.88 Å². The van der Waals surface area contributed by atoms with E-state index < -0.39 is 0 Å². The lowest BCUT2D eigenvalue weighted by molar-refractivity contribution is -0.116. The summed E-state index contributed by atoms with van der Waals surface area (Å²) in [4.78, 5) is 11.8. The third-order valence-corrected chi connectivity index (χ3v) is 4.12. The lowest BCUT2D eigenvalue weighted by atomic mass is 10.0. The van der Waals surface area contributed by atoms with E-state index in [-0.39, 0.29) is 5.91 Å². The zero-order valence-electron chi connectivity index (χ0n) is 10.5. The highest BCUT2D eigenvalue weighted by Gasteiger charge is 2.17. The summed E-state index contributed by atoms with van der Waals surface area (Å²) >= 11 is 3.32. The number of anilines is 1. The number of nitrogens with zero attached hydrogens (tertiary/aromatic N) is 1. The van der Waals surface area contributed by atoms with E-state index in [1.165, 1.54) is 32.8 Å². The van der Waals surface area contributed by atoms with Crippen molar-refractivity contribution in [1.29, 1.82) is 0 Å².